The van der Waals surface area contributed by atoms with Gasteiger partial charge in [0.1, 0.15) is 0 Å². The number of ether oxygens (including phenoxy) is 1. The quantitative estimate of drug-likeness (QED) is 0.624. The molecule has 1 aliphatic carbocycles. The van der Waals surface area contributed by atoms with E-state index in [9.17, 15) is 9.59 Å². The number of hydrogen-bond donors (Lipinski definition) is 1. The second-order valence-corrected chi connectivity index (χ2v) is 8.05. The van der Waals surface area contributed by atoms with E-state index in [4.69, 9.17) is 4.74 Å². The predicted octanol–water partition coefficient (Wildman–Crippen LogP) is 4.72. The van der Waals surface area contributed by atoms with Crippen molar-refractivity contribution < 1.29 is 9.53 Å². The number of carbonyl (C=O) groups is 1. The minimum absolute atomic E-state index is 0.108. The number of pyridine rings is 1. The van der Waals surface area contributed by atoms with Crippen LogP contribution >= 0.6 is 0 Å². The zero-order valence-electron chi connectivity index (χ0n) is 17.6. The fraction of sp³-hybridized carbons (Fsp3) is 0.458. The summed E-state index contributed by atoms with van der Waals surface area (Å²) in [5.41, 5.74) is 3.31. The summed E-state index contributed by atoms with van der Waals surface area (Å²) < 4.78 is 6.57. The highest BCUT2D eigenvalue weighted by Crippen LogP contribution is 2.27. The van der Waals surface area contributed by atoms with Crippen molar-refractivity contribution in [3.8, 4) is 5.69 Å². The van der Waals surface area contributed by atoms with Crippen LogP contribution in [-0.4, -0.2) is 27.8 Å². The highest BCUT2D eigenvalue weighted by molar-refractivity contribution is 5.93. The van der Waals surface area contributed by atoms with Gasteiger partial charge in [0, 0.05) is 0 Å². The first-order valence-corrected chi connectivity index (χ1v) is 11.0. The van der Waals surface area contributed by atoms with Gasteiger partial charge in [0.2, 0.25) is 0 Å². The molecule has 1 aliphatic rings. The van der Waals surface area contributed by atoms with Crippen LogP contribution in [0.5, 0.6) is 0 Å². The Kier molecular flexibility index (Phi) is 6.31. The van der Waals surface area contributed by atoms with E-state index < -0.39 is 5.97 Å². The molecule has 4 rings (SSSR count). The van der Waals surface area contributed by atoms with Gasteiger partial charge in [-0.3, -0.25) is 9.89 Å². The number of H-pyrrole nitrogens is 1. The number of rotatable bonds is 2. The number of carbonyl (C=O) groups excluding carboxylic acids is 1. The second kappa shape index (κ2) is 9.28. The molecule has 30 heavy (non-hydrogen) atoms. The number of nitrogens with one attached hydrogen (secondary N) is 1. The average Bonchev–Trinajstić information content (AvgIpc) is 3.10. The lowest BCUT2D eigenvalue weighted by Crippen LogP contribution is -2.17. The average molecular weight is 408 g/mol. The van der Waals surface area contributed by atoms with Crippen molar-refractivity contribution in [1.29, 1.82) is 0 Å². The molecule has 6 nitrogen and oxygen atoms in total. The van der Waals surface area contributed by atoms with E-state index in [1.165, 1.54) is 37.5 Å². The molecule has 3 aromatic rings. The number of benzene rings is 1. The van der Waals surface area contributed by atoms with Gasteiger partial charge in [-0.15, -0.1) is 0 Å². The van der Waals surface area contributed by atoms with Crippen LogP contribution in [0.15, 0.2) is 35.1 Å². The zero-order chi connectivity index (χ0) is 20.9. The molecule has 0 spiro atoms. The summed E-state index contributed by atoms with van der Waals surface area (Å²) in [6.45, 7) is 0. The van der Waals surface area contributed by atoms with E-state index in [-0.39, 0.29) is 5.56 Å². The van der Waals surface area contributed by atoms with Gasteiger partial charge in [-0.1, -0.05) is 56.7 Å². The Balaban J connectivity index is 1.92. The molecule has 0 atom stereocenters. The lowest BCUT2D eigenvalue weighted by atomic mass is 9.92. The number of aromatic nitrogens is 3. The molecule has 0 saturated carbocycles. The molecule has 2 aromatic heterocycles. The number of fused-ring (bicyclic) bond motifs is 3. The summed E-state index contributed by atoms with van der Waals surface area (Å²) in [7, 11) is 1.38. The Labute approximate surface area is 176 Å². The molecule has 0 amide bonds. The van der Waals surface area contributed by atoms with Crippen LogP contribution in [0.25, 0.3) is 16.7 Å². The largest absolute Gasteiger partial charge is 0.464 e. The molecule has 1 N–H and O–H groups in total. The van der Waals surface area contributed by atoms with Gasteiger partial charge in [0.25, 0.3) is 5.56 Å². The molecule has 158 valence electrons. The molecular formula is C24H29N3O3. The van der Waals surface area contributed by atoms with Gasteiger partial charge in [-0.05, 0) is 48.9 Å². The smallest absolute Gasteiger partial charge is 0.357 e. The Morgan fingerprint density at radius 3 is 2.17 bits per heavy atom. The molecule has 0 fully saturated rings. The van der Waals surface area contributed by atoms with Crippen molar-refractivity contribution in [3.63, 3.8) is 0 Å². The van der Waals surface area contributed by atoms with Gasteiger partial charge in [0.15, 0.2) is 11.3 Å². The Bertz CT molecular complexity index is 1080. The van der Waals surface area contributed by atoms with E-state index in [2.05, 4.69) is 10.1 Å². The van der Waals surface area contributed by atoms with Gasteiger partial charge in [-0.2, -0.15) is 0 Å². The van der Waals surface area contributed by atoms with Crippen molar-refractivity contribution in [2.24, 2.45) is 0 Å². The summed E-state index contributed by atoms with van der Waals surface area (Å²) >= 11 is 0. The summed E-state index contributed by atoms with van der Waals surface area (Å²) in [5, 5.41) is 3.73. The topological polar surface area (TPSA) is 77.0 Å². The second-order valence-electron chi connectivity index (χ2n) is 8.05. The summed E-state index contributed by atoms with van der Waals surface area (Å²) in [4.78, 5) is 30.6. The Morgan fingerprint density at radius 2 is 1.53 bits per heavy atom. The number of methoxy groups -OCH3 is 1. The SMILES string of the molecule is COC(=O)c1nc2[nH]n(-c3ccccc3)c(=O)c2c2c1CCCCCCCCCC2. The molecular weight excluding hydrogens is 378 g/mol. The van der Waals surface area contributed by atoms with Crippen molar-refractivity contribution in [1.82, 2.24) is 14.8 Å². The van der Waals surface area contributed by atoms with Crippen LogP contribution in [0.3, 0.4) is 0 Å². The monoisotopic (exact) mass is 407 g/mol. The molecule has 6 heteroatoms. The summed E-state index contributed by atoms with van der Waals surface area (Å²) in [5.74, 6) is -0.437. The number of aryl methyl sites for hydroxylation is 1. The number of nitrogens with zero attached hydrogens (tertiary/aromatic N) is 2. The maximum atomic E-state index is 13.4. The first-order chi connectivity index (χ1) is 14.7. The van der Waals surface area contributed by atoms with E-state index in [1.54, 1.807) is 0 Å². The normalized spacial score (nSPS) is 15.8. The molecule has 1 aromatic carbocycles. The molecule has 2 heterocycles. The Hall–Kier alpha value is -2.89. The van der Waals surface area contributed by atoms with Gasteiger partial charge >= 0.3 is 5.97 Å². The third-order valence-electron chi connectivity index (χ3n) is 6.04. The highest BCUT2D eigenvalue weighted by atomic mass is 16.5. The maximum Gasteiger partial charge on any atom is 0.357 e. The molecule has 0 aliphatic heterocycles. The number of aromatic amines is 1. The van der Waals surface area contributed by atoms with Crippen LogP contribution in [0, 0.1) is 0 Å². The van der Waals surface area contributed by atoms with Crippen LogP contribution in [0.1, 0.15) is 73.0 Å². The van der Waals surface area contributed by atoms with E-state index in [0.717, 1.165) is 55.3 Å². The molecule has 0 saturated heterocycles. The van der Waals surface area contributed by atoms with E-state index in [0.29, 0.717) is 16.7 Å². The Morgan fingerprint density at radius 1 is 0.933 bits per heavy atom. The molecule has 0 radical (unpaired) electrons. The first kappa shape index (κ1) is 20.4. The minimum Gasteiger partial charge on any atom is -0.464 e. The van der Waals surface area contributed by atoms with Crippen LogP contribution in [0.4, 0.5) is 0 Å². The van der Waals surface area contributed by atoms with Crippen LogP contribution in [0.2, 0.25) is 0 Å². The predicted molar refractivity (Wildman–Crippen MR) is 117 cm³/mol. The molecule has 0 bridgehead atoms. The third-order valence-corrected chi connectivity index (χ3v) is 6.04. The van der Waals surface area contributed by atoms with Crippen molar-refractivity contribution in [2.75, 3.05) is 7.11 Å². The standard InChI is InChI=1S/C24H29N3O3/c1-30-24(29)21-19-16-12-7-5-3-2-4-6-11-15-18(19)20-22(25-21)26-27(23(20)28)17-13-9-8-10-14-17/h8-10,13-14H,2-7,11-12,15-16H2,1H3,(H,25,26). The highest BCUT2D eigenvalue weighted by Gasteiger charge is 2.24. The fourth-order valence-corrected chi connectivity index (χ4v) is 4.49. The van der Waals surface area contributed by atoms with Gasteiger partial charge in [-0.25, -0.2) is 14.5 Å². The fourth-order valence-electron chi connectivity index (χ4n) is 4.49. The number of hydrogen-bond acceptors (Lipinski definition) is 4. The molecule has 0 unspecified atom stereocenters. The lowest BCUT2D eigenvalue weighted by Gasteiger charge is -2.15. The van der Waals surface area contributed by atoms with E-state index in [1.807, 2.05) is 30.3 Å². The number of esters is 1. The zero-order valence-corrected chi connectivity index (χ0v) is 17.6. The van der Waals surface area contributed by atoms with Gasteiger partial charge in [0.05, 0.1) is 18.2 Å². The van der Waals surface area contributed by atoms with Crippen LogP contribution in [-0.2, 0) is 17.6 Å². The number of para-hydroxylation sites is 1. The minimum atomic E-state index is -0.437. The third kappa shape index (κ3) is 4.04. The van der Waals surface area contributed by atoms with Crippen molar-refractivity contribution >= 4 is 17.0 Å². The maximum absolute atomic E-state index is 13.4. The summed E-state index contributed by atoms with van der Waals surface area (Å²) in [6.07, 6.45) is 10.7. The van der Waals surface area contributed by atoms with Crippen LogP contribution < -0.4 is 5.56 Å². The van der Waals surface area contributed by atoms with Crippen molar-refractivity contribution in [2.45, 2.75) is 64.2 Å². The first-order valence-electron chi connectivity index (χ1n) is 11.0. The summed E-state index contributed by atoms with van der Waals surface area (Å²) in [6, 6.07) is 9.46. The van der Waals surface area contributed by atoms with Crippen molar-refractivity contribution in [3.05, 3.63) is 57.5 Å². The lowest BCUT2D eigenvalue weighted by molar-refractivity contribution is 0.0593. The van der Waals surface area contributed by atoms with Gasteiger partial charge < -0.3 is 4.74 Å². The van der Waals surface area contributed by atoms with E-state index >= 15 is 0 Å².